The maximum absolute atomic E-state index is 10.8. The number of hydrogen-bond acceptors (Lipinski definition) is 4. The minimum atomic E-state index is -4.41. The van der Waals surface area contributed by atoms with Crippen molar-refractivity contribution in [2.45, 2.75) is 0 Å². The van der Waals surface area contributed by atoms with Gasteiger partial charge in [0.2, 0.25) is 0 Å². The molecule has 1 heterocycles. The summed E-state index contributed by atoms with van der Waals surface area (Å²) in [5.74, 6) is 0. The van der Waals surface area contributed by atoms with E-state index in [2.05, 4.69) is 3.37 Å². The topological polar surface area (TPSA) is 78.4 Å². The number of rotatable bonds is 3. The third-order valence-corrected chi connectivity index (χ3v) is 7.61. The molecule has 1 unspecified atom stereocenters. The van der Waals surface area contributed by atoms with Gasteiger partial charge in [-0.25, -0.2) is 0 Å². The second-order valence-corrected chi connectivity index (χ2v) is 8.77. The molecule has 2 aromatic rings. The molecule has 1 aliphatic heterocycles. The van der Waals surface area contributed by atoms with Crippen LogP contribution in [0.25, 0.3) is 17.2 Å². The second kappa shape index (κ2) is 5.83. The molecule has 0 aromatic heterocycles. The van der Waals surface area contributed by atoms with E-state index in [1.807, 2.05) is 54.6 Å². The zero-order chi connectivity index (χ0) is 14.9. The predicted molar refractivity (Wildman–Crippen MR) is 73.4 cm³/mol. The van der Waals surface area contributed by atoms with E-state index in [0.29, 0.717) is 0 Å². The summed E-state index contributed by atoms with van der Waals surface area (Å²) in [6, 6.07) is 15.6. The fourth-order valence-corrected chi connectivity index (χ4v) is 6.06. The molecule has 6 heteroatoms. The Bertz CT molecular complexity index is 720. The van der Waals surface area contributed by atoms with Crippen LogP contribution < -0.4 is 18.4 Å². The van der Waals surface area contributed by atoms with Crippen LogP contribution in [0.15, 0.2) is 54.6 Å². The van der Waals surface area contributed by atoms with Gasteiger partial charge in [0.15, 0.2) is 0 Å². The van der Waals surface area contributed by atoms with Crippen LogP contribution in [0.2, 0.25) is 0 Å². The quantitative estimate of drug-likeness (QED) is 0.642. The van der Waals surface area contributed by atoms with Crippen molar-refractivity contribution in [2.24, 2.45) is 0 Å². The summed E-state index contributed by atoms with van der Waals surface area (Å²) >= 11 is -2.24. The van der Waals surface area contributed by atoms with Gasteiger partial charge in [0.25, 0.3) is 0 Å². The van der Waals surface area contributed by atoms with E-state index >= 15 is 0 Å². The molecule has 1 atom stereocenters. The molecule has 0 N–H and O–H groups in total. The van der Waals surface area contributed by atoms with Gasteiger partial charge in [0, 0.05) is 0 Å². The number of hydrogen-bond donors (Lipinski definition) is 0. The van der Waals surface area contributed by atoms with Gasteiger partial charge in [-0.15, -0.1) is 0 Å². The number of allylic oxidation sites excluding steroid dienone is 1. The molecule has 4 nitrogen and oxygen atoms in total. The Morgan fingerprint density at radius 2 is 1.67 bits per heavy atom. The summed E-state index contributed by atoms with van der Waals surface area (Å²) in [6.07, 6.45) is 3.63. The van der Waals surface area contributed by atoms with E-state index in [1.165, 1.54) is 0 Å². The molecule has 21 heavy (non-hydrogen) atoms. The average Bonchev–Trinajstić information content (AvgIpc) is 2.46. The third-order valence-electron chi connectivity index (χ3n) is 2.96. The Morgan fingerprint density at radius 1 is 0.905 bits per heavy atom. The van der Waals surface area contributed by atoms with Crippen LogP contribution in [-0.4, -0.2) is 18.7 Å². The summed E-state index contributed by atoms with van der Waals surface area (Å²) < 4.78 is 37.8. The Hall–Kier alpha value is -1.30. The van der Waals surface area contributed by atoms with Gasteiger partial charge in [-0.3, -0.25) is 0 Å². The van der Waals surface area contributed by atoms with Gasteiger partial charge < -0.3 is 0 Å². The molecule has 0 aliphatic carbocycles. The fourth-order valence-electron chi connectivity index (χ4n) is 2.10. The summed E-state index contributed by atoms with van der Waals surface area (Å²) in [4.78, 5) is 1.66. The Balaban J connectivity index is 1.98. The zero-order valence-electron chi connectivity index (χ0n) is 10.8. The third kappa shape index (κ3) is 3.48. The first-order chi connectivity index (χ1) is 10.0. The molecule has 3 rings (SSSR count). The normalized spacial score (nSPS) is 17.2. The molecule has 108 valence electrons. The van der Waals surface area contributed by atoms with Crippen molar-refractivity contribution >= 4 is 29.3 Å². The standard InChI is InChI=1S/C15H11ClO4Se/c17-16(18,19)20-21-10-4-7-14-11-13(8-9-15(14)21)12-5-2-1-3-6-12/h1-11H. The average molecular weight is 370 g/mol. The molecule has 0 saturated carbocycles. The molecule has 0 amide bonds. The Labute approximate surface area is 128 Å². The van der Waals surface area contributed by atoms with Crippen molar-refractivity contribution in [3.63, 3.8) is 0 Å². The summed E-state index contributed by atoms with van der Waals surface area (Å²) in [6.45, 7) is 0. The molecular weight excluding hydrogens is 359 g/mol. The van der Waals surface area contributed by atoms with Gasteiger partial charge in [-0.05, 0) is 0 Å². The van der Waals surface area contributed by atoms with Crippen LogP contribution in [-0.2, 0) is 3.37 Å². The van der Waals surface area contributed by atoms with Crippen LogP contribution in [0.4, 0.5) is 0 Å². The molecule has 2 aromatic carbocycles. The van der Waals surface area contributed by atoms with E-state index in [4.69, 9.17) is 0 Å². The second-order valence-electron chi connectivity index (χ2n) is 4.35. The van der Waals surface area contributed by atoms with Crippen molar-refractivity contribution in [3.05, 3.63) is 60.2 Å². The molecule has 0 fully saturated rings. The zero-order valence-corrected chi connectivity index (χ0v) is 13.2. The molecule has 0 saturated heterocycles. The van der Waals surface area contributed by atoms with Crippen molar-refractivity contribution in [1.29, 1.82) is 0 Å². The van der Waals surface area contributed by atoms with Gasteiger partial charge in [0.1, 0.15) is 0 Å². The number of fused-ring (bicyclic) bond motifs is 1. The first kappa shape index (κ1) is 14.6. The van der Waals surface area contributed by atoms with E-state index < -0.39 is 24.0 Å². The predicted octanol–water partition coefficient (Wildman–Crippen LogP) is -1.12. The molecular formula is C15H11ClO4Se. The maximum atomic E-state index is 10.8. The minimum absolute atomic E-state index is 0.782. The number of halogens is 1. The summed E-state index contributed by atoms with van der Waals surface area (Å²) in [5, 5.41) is 0. The number of benzene rings is 2. The van der Waals surface area contributed by atoms with Crippen LogP contribution >= 0.6 is 0 Å². The van der Waals surface area contributed by atoms with E-state index in [1.54, 1.807) is 11.0 Å². The van der Waals surface area contributed by atoms with E-state index in [9.17, 15) is 14.0 Å². The van der Waals surface area contributed by atoms with E-state index in [0.717, 1.165) is 21.2 Å². The molecule has 1 aliphatic rings. The Morgan fingerprint density at radius 3 is 2.38 bits per heavy atom. The first-order valence-electron chi connectivity index (χ1n) is 6.08. The summed E-state index contributed by atoms with van der Waals surface area (Å²) in [7, 11) is -4.41. The van der Waals surface area contributed by atoms with Crippen molar-refractivity contribution in [2.75, 3.05) is 0 Å². The van der Waals surface area contributed by atoms with Crippen LogP contribution in [0.5, 0.6) is 0 Å². The van der Waals surface area contributed by atoms with Crippen LogP contribution in [0.3, 0.4) is 0 Å². The first-order valence-corrected chi connectivity index (χ1v) is 9.86. The Kier molecular flexibility index (Phi) is 4.06. The van der Waals surface area contributed by atoms with Gasteiger partial charge >= 0.3 is 128 Å². The van der Waals surface area contributed by atoms with Crippen LogP contribution in [0.1, 0.15) is 5.56 Å². The van der Waals surface area contributed by atoms with E-state index in [-0.39, 0.29) is 0 Å². The van der Waals surface area contributed by atoms with Gasteiger partial charge in [0.05, 0.1) is 0 Å². The molecule has 0 spiro atoms. The van der Waals surface area contributed by atoms with Crippen LogP contribution in [0, 0.1) is 10.2 Å². The molecule has 0 radical (unpaired) electrons. The fraction of sp³-hybridized carbons (Fsp3) is 0. The summed E-state index contributed by atoms with van der Waals surface area (Å²) in [5.41, 5.74) is 3.01. The monoisotopic (exact) mass is 370 g/mol. The molecule has 0 bridgehead atoms. The van der Waals surface area contributed by atoms with Crippen molar-refractivity contribution < 1.29 is 27.6 Å². The van der Waals surface area contributed by atoms with Crippen molar-refractivity contribution in [3.8, 4) is 11.1 Å². The van der Waals surface area contributed by atoms with Crippen molar-refractivity contribution in [1.82, 2.24) is 0 Å². The SMILES string of the molecule is [O-][Cl+3]([O-])([O-])O[Se]1=CC=Cc2cc(-c3ccccc3)ccc21. The van der Waals surface area contributed by atoms with Gasteiger partial charge in [-0.1, -0.05) is 0 Å². The van der Waals surface area contributed by atoms with Gasteiger partial charge in [-0.2, -0.15) is 0 Å².